The highest BCUT2D eigenvalue weighted by molar-refractivity contribution is 5.96. The monoisotopic (exact) mass is 333 g/mol. The number of hydrogen-bond donors (Lipinski definition) is 1. The topological polar surface area (TPSA) is 68.0 Å². The van der Waals surface area contributed by atoms with Gasteiger partial charge in [-0.25, -0.2) is 0 Å². The summed E-state index contributed by atoms with van der Waals surface area (Å²) in [5.74, 6) is 0.908. The quantitative estimate of drug-likeness (QED) is 0.783. The molecule has 0 saturated heterocycles. The maximum Gasteiger partial charge on any atom is 0.247 e. The Bertz CT molecular complexity index is 917. The van der Waals surface area contributed by atoms with Gasteiger partial charge in [-0.05, 0) is 48.6 Å². The third-order valence-corrected chi connectivity index (χ3v) is 4.59. The van der Waals surface area contributed by atoms with Crippen LogP contribution in [0.1, 0.15) is 35.8 Å². The summed E-state index contributed by atoms with van der Waals surface area (Å²) in [4.78, 5) is 12.8. The van der Waals surface area contributed by atoms with Crippen LogP contribution < -0.4 is 5.32 Å². The Hall–Kier alpha value is -2.95. The molecule has 5 nitrogen and oxygen atoms in total. The number of rotatable bonds is 3. The van der Waals surface area contributed by atoms with Crippen molar-refractivity contribution in [3.8, 4) is 11.5 Å². The molecular weight excluding hydrogens is 314 g/mol. The van der Waals surface area contributed by atoms with Crippen molar-refractivity contribution < 1.29 is 9.21 Å². The third-order valence-electron chi connectivity index (χ3n) is 4.59. The summed E-state index contributed by atoms with van der Waals surface area (Å²) in [5.41, 5.74) is 3.96. The molecule has 1 amide bonds. The van der Waals surface area contributed by atoms with Gasteiger partial charge in [0.25, 0.3) is 0 Å². The van der Waals surface area contributed by atoms with Crippen LogP contribution in [0.3, 0.4) is 0 Å². The number of fused-ring (bicyclic) bond motifs is 1. The van der Waals surface area contributed by atoms with Crippen molar-refractivity contribution in [3.05, 3.63) is 65.5 Å². The van der Waals surface area contributed by atoms with Gasteiger partial charge in [0.15, 0.2) is 0 Å². The summed E-state index contributed by atoms with van der Waals surface area (Å²) in [6, 6.07) is 15.7. The Kier molecular flexibility index (Phi) is 4.06. The molecule has 1 aromatic heterocycles. The summed E-state index contributed by atoms with van der Waals surface area (Å²) in [7, 11) is 0. The lowest BCUT2D eigenvalue weighted by atomic mass is 9.82. The molecular formula is C20H19N3O2. The molecule has 0 spiro atoms. The van der Waals surface area contributed by atoms with Crippen molar-refractivity contribution in [1.82, 2.24) is 10.2 Å². The fourth-order valence-electron chi connectivity index (χ4n) is 3.40. The number of nitrogens with one attached hydrogen (secondary N) is 1. The Morgan fingerprint density at radius 1 is 1.16 bits per heavy atom. The maximum absolute atomic E-state index is 12.8. The fourth-order valence-corrected chi connectivity index (χ4v) is 3.40. The highest BCUT2D eigenvalue weighted by atomic mass is 16.4. The molecule has 2 aromatic carbocycles. The van der Waals surface area contributed by atoms with Gasteiger partial charge < -0.3 is 9.73 Å². The lowest BCUT2D eigenvalue weighted by molar-refractivity contribution is -0.117. The number of carbonyl (C=O) groups is 1. The molecule has 1 N–H and O–H groups in total. The van der Waals surface area contributed by atoms with Crippen LogP contribution >= 0.6 is 0 Å². The molecule has 1 heterocycles. The molecule has 0 fully saturated rings. The predicted molar refractivity (Wildman–Crippen MR) is 95.2 cm³/mol. The van der Waals surface area contributed by atoms with Crippen LogP contribution in [0.15, 0.2) is 52.9 Å². The lowest BCUT2D eigenvalue weighted by Gasteiger charge is -2.24. The highest BCUT2D eigenvalue weighted by Gasteiger charge is 2.26. The first-order chi connectivity index (χ1) is 12.2. The third kappa shape index (κ3) is 3.18. The maximum atomic E-state index is 12.8. The normalized spacial score (nSPS) is 16.3. The smallest absolute Gasteiger partial charge is 0.247 e. The Labute approximate surface area is 146 Å². The van der Waals surface area contributed by atoms with Crippen molar-refractivity contribution in [1.29, 1.82) is 0 Å². The Balaban J connectivity index is 1.56. The van der Waals surface area contributed by atoms with Crippen molar-refractivity contribution in [2.75, 3.05) is 5.32 Å². The zero-order valence-corrected chi connectivity index (χ0v) is 14.0. The lowest BCUT2D eigenvalue weighted by Crippen LogP contribution is -2.24. The minimum atomic E-state index is -0.0979. The Morgan fingerprint density at radius 2 is 2.04 bits per heavy atom. The van der Waals surface area contributed by atoms with Gasteiger partial charge in [-0.2, -0.15) is 0 Å². The Morgan fingerprint density at radius 3 is 2.88 bits per heavy atom. The minimum Gasteiger partial charge on any atom is -0.421 e. The number of carbonyl (C=O) groups excluding carboxylic acids is 1. The van der Waals surface area contributed by atoms with Gasteiger partial charge in [-0.3, -0.25) is 4.79 Å². The molecule has 4 rings (SSSR count). The standard InChI is InChI=1S/C20H19N3O2/c1-13-22-23-20(25-13)15-8-4-9-16(12-15)21-19(24)18-11-5-7-14-6-2-3-10-17(14)18/h2-4,6,8-10,12,18H,5,7,11H2,1H3,(H,21,24)/t18-/m0/s1. The van der Waals surface area contributed by atoms with Crippen molar-refractivity contribution in [2.45, 2.75) is 32.1 Å². The number of nitrogens with zero attached hydrogens (tertiary/aromatic N) is 2. The molecule has 25 heavy (non-hydrogen) atoms. The number of hydrogen-bond acceptors (Lipinski definition) is 4. The van der Waals surface area contributed by atoms with Crippen molar-refractivity contribution in [2.24, 2.45) is 0 Å². The SMILES string of the molecule is Cc1nnc(-c2cccc(NC(=O)[C@H]3CCCc4ccccc43)c2)o1. The van der Waals surface area contributed by atoms with E-state index in [1.54, 1.807) is 6.92 Å². The second-order valence-corrected chi connectivity index (χ2v) is 6.34. The van der Waals surface area contributed by atoms with Crippen LogP contribution in [0.2, 0.25) is 0 Å². The molecule has 5 heteroatoms. The largest absolute Gasteiger partial charge is 0.421 e. The van der Waals surface area contributed by atoms with E-state index in [-0.39, 0.29) is 11.8 Å². The fraction of sp³-hybridized carbons (Fsp3) is 0.250. The predicted octanol–water partition coefficient (Wildman–Crippen LogP) is 4.10. The molecule has 0 aliphatic heterocycles. The zero-order valence-electron chi connectivity index (χ0n) is 14.0. The molecule has 126 valence electrons. The number of aromatic nitrogens is 2. The van der Waals surface area contributed by atoms with E-state index >= 15 is 0 Å². The summed E-state index contributed by atoms with van der Waals surface area (Å²) in [6.45, 7) is 1.75. The van der Waals surface area contributed by atoms with E-state index in [2.05, 4.69) is 27.6 Å². The van der Waals surface area contributed by atoms with Crippen LogP contribution in [0, 0.1) is 6.92 Å². The first-order valence-electron chi connectivity index (χ1n) is 8.50. The second kappa shape index (κ2) is 6.51. The molecule has 1 aliphatic rings. The van der Waals surface area contributed by atoms with Gasteiger partial charge in [0, 0.05) is 18.2 Å². The second-order valence-electron chi connectivity index (χ2n) is 6.34. The molecule has 0 radical (unpaired) electrons. The van der Waals surface area contributed by atoms with Gasteiger partial charge in [-0.15, -0.1) is 10.2 Å². The van der Waals surface area contributed by atoms with E-state index in [1.807, 2.05) is 36.4 Å². The van der Waals surface area contributed by atoms with Gasteiger partial charge in [0.1, 0.15) is 0 Å². The minimum absolute atomic E-state index is 0.0333. The van der Waals surface area contributed by atoms with Gasteiger partial charge in [-0.1, -0.05) is 30.3 Å². The van der Waals surface area contributed by atoms with Crippen LogP contribution in [0.25, 0.3) is 11.5 Å². The van der Waals surface area contributed by atoms with Gasteiger partial charge >= 0.3 is 0 Å². The first kappa shape index (κ1) is 15.6. The van der Waals surface area contributed by atoms with Crippen molar-refractivity contribution in [3.63, 3.8) is 0 Å². The average Bonchev–Trinajstić information content (AvgIpc) is 3.08. The number of anilines is 1. The van der Waals surface area contributed by atoms with Crippen LogP contribution in [-0.2, 0) is 11.2 Å². The van der Waals surface area contributed by atoms with Gasteiger partial charge in [0.05, 0.1) is 5.92 Å². The molecule has 0 unspecified atom stereocenters. The summed E-state index contributed by atoms with van der Waals surface area (Å²) < 4.78 is 5.46. The average molecular weight is 333 g/mol. The van der Waals surface area contributed by atoms with Crippen LogP contribution in [0.5, 0.6) is 0 Å². The summed E-state index contributed by atoms with van der Waals surface area (Å²) in [6.07, 6.45) is 2.97. The number of benzene rings is 2. The first-order valence-corrected chi connectivity index (χ1v) is 8.50. The summed E-state index contributed by atoms with van der Waals surface area (Å²) >= 11 is 0. The van der Waals surface area contributed by atoms with E-state index in [9.17, 15) is 4.79 Å². The number of amides is 1. The highest BCUT2D eigenvalue weighted by Crippen LogP contribution is 2.32. The van der Waals surface area contributed by atoms with Crippen molar-refractivity contribution >= 4 is 11.6 Å². The van der Waals surface area contributed by atoms with E-state index < -0.39 is 0 Å². The van der Waals surface area contributed by atoms with Crippen LogP contribution in [0.4, 0.5) is 5.69 Å². The van der Waals surface area contributed by atoms with E-state index in [1.165, 1.54) is 5.56 Å². The van der Waals surface area contributed by atoms with E-state index in [0.717, 1.165) is 36.1 Å². The van der Waals surface area contributed by atoms with E-state index in [0.29, 0.717) is 11.8 Å². The van der Waals surface area contributed by atoms with Gasteiger partial charge in [0.2, 0.25) is 17.7 Å². The number of aryl methyl sites for hydroxylation is 2. The molecule has 0 saturated carbocycles. The molecule has 1 atom stereocenters. The zero-order chi connectivity index (χ0) is 17.2. The van der Waals surface area contributed by atoms with Crippen LogP contribution in [-0.4, -0.2) is 16.1 Å². The molecule has 1 aliphatic carbocycles. The summed E-state index contributed by atoms with van der Waals surface area (Å²) in [5, 5.41) is 10.9. The van der Waals surface area contributed by atoms with E-state index in [4.69, 9.17) is 4.42 Å². The molecule has 3 aromatic rings. The molecule has 0 bridgehead atoms.